The molecule has 0 bridgehead atoms. The van der Waals surface area contributed by atoms with Crippen molar-refractivity contribution < 1.29 is 14.8 Å². The molecular weight excluding hydrogens is 504 g/mol. The zero-order valence-corrected chi connectivity index (χ0v) is 24.7. The van der Waals surface area contributed by atoms with Gasteiger partial charge in [0.25, 0.3) is 0 Å². The first kappa shape index (κ1) is 28.9. The zero-order chi connectivity index (χ0) is 27.4. The van der Waals surface area contributed by atoms with Crippen molar-refractivity contribution in [2.45, 2.75) is 88.9 Å². The van der Waals surface area contributed by atoms with E-state index in [-0.39, 0.29) is 11.5 Å². The van der Waals surface area contributed by atoms with Gasteiger partial charge in [0.1, 0.15) is 17.3 Å². The maximum Gasteiger partial charge on any atom is 0.147 e. The van der Waals surface area contributed by atoms with Crippen molar-refractivity contribution in [2.24, 2.45) is 23.2 Å². The third-order valence-corrected chi connectivity index (χ3v) is 11.7. The molecule has 1 unspecified atom stereocenters. The number of phenols is 1. The Labute approximate surface area is 238 Å². The lowest BCUT2D eigenvalue weighted by Gasteiger charge is -2.54. The van der Waals surface area contributed by atoms with Gasteiger partial charge in [0.2, 0.25) is 0 Å². The van der Waals surface area contributed by atoms with Gasteiger partial charge in [0.05, 0.1) is 11.8 Å². The van der Waals surface area contributed by atoms with Gasteiger partial charge < -0.3 is 19.7 Å². The van der Waals surface area contributed by atoms with Crippen LogP contribution in [0.2, 0.25) is 0 Å². The summed E-state index contributed by atoms with van der Waals surface area (Å²) >= 11 is -0.849. The van der Waals surface area contributed by atoms with E-state index in [9.17, 15) is 14.8 Å². The second kappa shape index (κ2) is 12.9. The zero-order valence-electron chi connectivity index (χ0n) is 23.9. The molecule has 0 radical (unpaired) electrons. The van der Waals surface area contributed by atoms with Crippen LogP contribution in [0.3, 0.4) is 0 Å². The lowest BCUT2D eigenvalue weighted by atomic mass is 9.51. The second-order valence-corrected chi connectivity index (χ2v) is 14.5. The van der Waals surface area contributed by atoms with E-state index in [4.69, 9.17) is 0 Å². The van der Waals surface area contributed by atoms with Crippen LogP contribution in [0.1, 0.15) is 87.4 Å². The molecule has 214 valence electrons. The maximum absolute atomic E-state index is 12.4. The molecule has 0 aliphatic heterocycles. The number of fused-ring (bicyclic) bond motifs is 5. The highest BCUT2D eigenvalue weighted by Gasteiger charge is 2.57. The highest BCUT2D eigenvalue weighted by atomic mass is 32.2. The van der Waals surface area contributed by atoms with Gasteiger partial charge >= 0.3 is 0 Å². The Morgan fingerprint density at radius 3 is 2.74 bits per heavy atom. The van der Waals surface area contributed by atoms with Crippen molar-refractivity contribution in [1.82, 2.24) is 9.88 Å². The molecular formula is C33H48N2O3S. The van der Waals surface area contributed by atoms with Crippen LogP contribution in [0.5, 0.6) is 5.75 Å². The number of rotatable bonds is 12. The molecule has 2 saturated carbocycles. The summed E-state index contributed by atoms with van der Waals surface area (Å²) in [5, 5.41) is 21.1. The van der Waals surface area contributed by atoms with Crippen molar-refractivity contribution in [1.29, 1.82) is 0 Å². The Bertz CT molecular complexity index is 1070. The quantitative estimate of drug-likeness (QED) is 0.247. The molecule has 39 heavy (non-hydrogen) atoms. The van der Waals surface area contributed by atoms with Gasteiger partial charge in [-0.15, -0.1) is 0 Å². The number of pyridine rings is 1. The van der Waals surface area contributed by atoms with E-state index in [1.807, 2.05) is 30.3 Å². The van der Waals surface area contributed by atoms with Gasteiger partial charge in [-0.05, 0) is 134 Å². The predicted octanol–water partition coefficient (Wildman–Crippen LogP) is 6.06. The molecule has 1 aromatic heterocycles. The average molecular weight is 553 g/mol. The van der Waals surface area contributed by atoms with E-state index in [0.29, 0.717) is 35.2 Å². The van der Waals surface area contributed by atoms with E-state index in [1.165, 1.54) is 49.7 Å². The Morgan fingerprint density at radius 1 is 1.08 bits per heavy atom. The Balaban J connectivity index is 1.08. The van der Waals surface area contributed by atoms with Crippen molar-refractivity contribution >= 4 is 11.2 Å². The normalized spacial score (nSPS) is 30.5. The Morgan fingerprint density at radius 2 is 1.92 bits per heavy atom. The molecule has 1 aromatic carbocycles. The molecule has 2 fully saturated rings. The molecule has 2 N–H and O–H groups in total. The van der Waals surface area contributed by atoms with Gasteiger partial charge in [-0.1, -0.05) is 31.9 Å². The van der Waals surface area contributed by atoms with Crippen LogP contribution in [0.25, 0.3) is 0 Å². The second-order valence-electron chi connectivity index (χ2n) is 12.9. The molecule has 1 heterocycles. The fourth-order valence-corrected chi connectivity index (χ4v) is 9.52. The summed E-state index contributed by atoms with van der Waals surface area (Å²) in [5.74, 6) is 4.16. The standard InChI is InChI=1S/C33H48N2O3S/c1-33-22-25(9-4-3-7-18-35(2)19-8-20-39(38)23-26-10-5-6-17-34-26)32-28-14-12-27(36)21-24(28)11-13-29(32)30(33)15-16-31(33)37/h5-6,10,12,14,17,21,25,29-32,36-37H,3-4,7-9,11,13,15-16,18-20,22-23H2,1-2H3/t25-,29-,30-,31-,32+,33-,39?/m0/s1. The number of aromatic hydroxyl groups is 1. The van der Waals surface area contributed by atoms with E-state index >= 15 is 0 Å². The maximum atomic E-state index is 12.4. The third kappa shape index (κ3) is 6.66. The fourth-order valence-electron chi connectivity index (χ4n) is 8.42. The van der Waals surface area contributed by atoms with Gasteiger partial charge in [0, 0.05) is 19.2 Å². The van der Waals surface area contributed by atoms with Crippen LogP contribution in [0.15, 0.2) is 42.6 Å². The van der Waals surface area contributed by atoms with Crippen molar-refractivity contribution in [3.05, 3.63) is 59.4 Å². The number of benzene rings is 1. The third-order valence-electron chi connectivity index (χ3n) is 10.3. The summed E-state index contributed by atoms with van der Waals surface area (Å²) in [7, 11) is 2.18. The number of hydrogen-bond donors (Lipinski definition) is 2. The molecule has 0 saturated heterocycles. The molecule has 0 amide bonds. The van der Waals surface area contributed by atoms with Crippen LogP contribution in [-0.2, 0) is 23.3 Å². The van der Waals surface area contributed by atoms with E-state index in [2.05, 4.69) is 29.9 Å². The van der Waals surface area contributed by atoms with Crippen LogP contribution in [0.4, 0.5) is 0 Å². The van der Waals surface area contributed by atoms with E-state index in [0.717, 1.165) is 50.2 Å². The first-order valence-corrected chi connectivity index (χ1v) is 16.8. The van der Waals surface area contributed by atoms with Gasteiger partial charge in [0.15, 0.2) is 0 Å². The number of aryl methyl sites for hydroxylation is 1. The Hall–Kier alpha value is -1.60. The average Bonchev–Trinajstić information content (AvgIpc) is 3.22. The Kier molecular flexibility index (Phi) is 9.58. The SMILES string of the molecule is CN(CCCCC[C@H]1C[C@]2(C)[C@@H](O)CC[C@H]2[C@@H]2CCc3cc(O)ccc3[C@@H]12)CCC[S+]([O-])Cc1ccccn1. The molecule has 5 nitrogen and oxygen atoms in total. The van der Waals surface area contributed by atoms with Gasteiger partial charge in [-0.25, -0.2) is 0 Å². The molecule has 6 heteroatoms. The smallest absolute Gasteiger partial charge is 0.147 e. The molecule has 3 aliphatic carbocycles. The minimum absolute atomic E-state index is 0.0666. The number of aliphatic hydroxyl groups is 1. The molecule has 0 spiro atoms. The summed E-state index contributed by atoms with van der Waals surface area (Å²) < 4.78 is 12.4. The monoisotopic (exact) mass is 552 g/mol. The number of aliphatic hydroxyl groups excluding tert-OH is 1. The summed E-state index contributed by atoms with van der Waals surface area (Å²) in [6.45, 7) is 4.45. The van der Waals surface area contributed by atoms with E-state index < -0.39 is 11.2 Å². The summed E-state index contributed by atoms with van der Waals surface area (Å²) in [6.07, 6.45) is 13.0. The number of nitrogens with zero attached hydrogens (tertiary/aromatic N) is 2. The van der Waals surface area contributed by atoms with Crippen LogP contribution >= 0.6 is 0 Å². The summed E-state index contributed by atoms with van der Waals surface area (Å²) in [4.78, 5) is 6.68. The first-order valence-electron chi connectivity index (χ1n) is 15.3. The fraction of sp³-hybridized carbons (Fsp3) is 0.667. The first-order chi connectivity index (χ1) is 18.8. The largest absolute Gasteiger partial charge is 0.616 e. The van der Waals surface area contributed by atoms with Crippen LogP contribution < -0.4 is 0 Å². The van der Waals surface area contributed by atoms with Crippen molar-refractivity contribution in [2.75, 3.05) is 25.9 Å². The van der Waals surface area contributed by atoms with Crippen LogP contribution in [-0.4, -0.2) is 56.6 Å². The van der Waals surface area contributed by atoms with E-state index in [1.54, 1.807) is 6.20 Å². The highest BCUT2D eigenvalue weighted by Crippen LogP contribution is 2.63. The summed E-state index contributed by atoms with van der Waals surface area (Å²) in [6, 6.07) is 11.9. The van der Waals surface area contributed by atoms with Crippen molar-refractivity contribution in [3.63, 3.8) is 0 Å². The molecule has 5 rings (SSSR count). The number of aromatic nitrogens is 1. The van der Waals surface area contributed by atoms with Gasteiger partial charge in [-0.3, -0.25) is 4.98 Å². The number of phenolic OH excluding ortho intramolecular Hbond substituents is 1. The lowest BCUT2D eigenvalue weighted by Crippen LogP contribution is -2.47. The minimum Gasteiger partial charge on any atom is -0.616 e. The molecule has 2 aromatic rings. The molecule has 3 aliphatic rings. The topological polar surface area (TPSA) is 79.7 Å². The predicted molar refractivity (Wildman–Crippen MR) is 159 cm³/mol. The van der Waals surface area contributed by atoms with Crippen molar-refractivity contribution in [3.8, 4) is 5.75 Å². The van der Waals surface area contributed by atoms with Gasteiger partial charge in [-0.2, -0.15) is 0 Å². The number of hydrogen-bond acceptors (Lipinski definition) is 5. The summed E-state index contributed by atoms with van der Waals surface area (Å²) in [5.41, 5.74) is 3.82. The minimum atomic E-state index is -0.849. The highest BCUT2D eigenvalue weighted by molar-refractivity contribution is 7.90. The molecule has 7 atom stereocenters. The lowest BCUT2D eigenvalue weighted by molar-refractivity contribution is -0.0501. The van der Waals surface area contributed by atoms with Crippen LogP contribution in [0, 0.1) is 23.2 Å². The number of unbranched alkanes of at least 4 members (excludes halogenated alkanes) is 2.